The quantitative estimate of drug-likeness (QED) is 0.518. The van der Waals surface area contributed by atoms with E-state index in [1.165, 1.54) is 0 Å². The van der Waals surface area contributed by atoms with E-state index in [2.05, 4.69) is 0 Å². The van der Waals surface area contributed by atoms with Crippen molar-refractivity contribution >= 4 is 5.69 Å². The fraction of sp³-hybridized carbons (Fsp3) is 0.571. The summed E-state index contributed by atoms with van der Waals surface area (Å²) in [5.41, 5.74) is 0.574. The number of nitro benzene ring substituents is 1. The molecule has 5 heteroatoms. The van der Waals surface area contributed by atoms with Gasteiger partial charge in [-0.2, -0.15) is 0 Å². The highest BCUT2D eigenvalue weighted by atomic mass is 16.6. The number of ether oxygens (including phenoxy) is 1. The van der Waals surface area contributed by atoms with Crippen LogP contribution in [0.15, 0.2) is 18.2 Å². The molecule has 1 saturated carbocycles. The van der Waals surface area contributed by atoms with E-state index < -0.39 is 11.0 Å². The predicted molar refractivity (Wildman–Crippen MR) is 71.3 cm³/mol. The first-order valence-electron chi connectivity index (χ1n) is 6.68. The Balaban J connectivity index is 2.22. The number of aliphatic hydroxyl groups excluding tert-OH is 1. The Kier molecular flexibility index (Phi) is 4.37. The van der Waals surface area contributed by atoms with Crippen molar-refractivity contribution in [2.24, 2.45) is 0 Å². The molecule has 2 atom stereocenters. The van der Waals surface area contributed by atoms with E-state index in [1.807, 2.05) is 0 Å². The Morgan fingerprint density at radius 3 is 2.79 bits per heavy atom. The van der Waals surface area contributed by atoms with Gasteiger partial charge in [0.25, 0.3) is 0 Å². The van der Waals surface area contributed by atoms with Gasteiger partial charge in [0.05, 0.1) is 11.0 Å². The summed E-state index contributed by atoms with van der Waals surface area (Å²) in [6.07, 6.45) is 3.60. The zero-order valence-corrected chi connectivity index (χ0v) is 11.0. The van der Waals surface area contributed by atoms with Crippen molar-refractivity contribution in [2.45, 2.75) is 51.2 Å². The van der Waals surface area contributed by atoms with Crippen molar-refractivity contribution in [2.75, 3.05) is 0 Å². The van der Waals surface area contributed by atoms with E-state index in [1.54, 1.807) is 25.1 Å². The molecule has 0 spiro atoms. The number of hydrogen-bond donors (Lipinski definition) is 1. The van der Waals surface area contributed by atoms with Crippen LogP contribution in [0.4, 0.5) is 5.69 Å². The zero-order chi connectivity index (χ0) is 13.8. The Bertz CT molecular complexity index is 461. The molecule has 1 fully saturated rings. The molecule has 0 heterocycles. The molecule has 19 heavy (non-hydrogen) atoms. The van der Waals surface area contributed by atoms with Gasteiger partial charge in [0.2, 0.25) is 0 Å². The van der Waals surface area contributed by atoms with Crippen LogP contribution >= 0.6 is 0 Å². The molecule has 5 nitrogen and oxygen atoms in total. The molecule has 2 unspecified atom stereocenters. The Morgan fingerprint density at radius 1 is 1.32 bits per heavy atom. The van der Waals surface area contributed by atoms with Gasteiger partial charge < -0.3 is 9.84 Å². The molecule has 1 aliphatic carbocycles. The summed E-state index contributed by atoms with van der Waals surface area (Å²) in [6, 6.07) is 5.03. The smallest absolute Gasteiger partial charge is 0.313 e. The molecule has 2 rings (SSSR count). The molecule has 1 N–H and O–H groups in total. The molecule has 0 radical (unpaired) electrons. The highest BCUT2D eigenvalue weighted by molar-refractivity contribution is 5.52. The van der Waals surface area contributed by atoms with E-state index in [0.29, 0.717) is 12.0 Å². The fourth-order valence-electron chi connectivity index (χ4n) is 2.52. The van der Waals surface area contributed by atoms with Crippen LogP contribution in [0.25, 0.3) is 0 Å². The van der Waals surface area contributed by atoms with Gasteiger partial charge in [-0.25, -0.2) is 0 Å². The van der Waals surface area contributed by atoms with Crippen LogP contribution in [0.1, 0.15) is 37.7 Å². The van der Waals surface area contributed by atoms with Crippen LogP contribution in [-0.2, 0) is 0 Å². The van der Waals surface area contributed by atoms with Crippen molar-refractivity contribution in [1.82, 2.24) is 0 Å². The van der Waals surface area contributed by atoms with Gasteiger partial charge in [-0.05, 0) is 32.3 Å². The summed E-state index contributed by atoms with van der Waals surface area (Å²) in [6.45, 7) is 1.69. The minimum Gasteiger partial charge on any atom is -0.481 e. The van der Waals surface area contributed by atoms with E-state index in [-0.39, 0.29) is 17.5 Å². The number of para-hydroxylation sites is 1. The Hall–Kier alpha value is -1.62. The van der Waals surface area contributed by atoms with Gasteiger partial charge in [-0.15, -0.1) is 0 Å². The summed E-state index contributed by atoms with van der Waals surface area (Å²) in [4.78, 5) is 10.7. The first-order valence-corrected chi connectivity index (χ1v) is 6.68. The highest BCUT2D eigenvalue weighted by Crippen LogP contribution is 2.33. The monoisotopic (exact) mass is 265 g/mol. The van der Waals surface area contributed by atoms with Crippen molar-refractivity contribution in [1.29, 1.82) is 0 Å². The SMILES string of the molecule is Cc1cccc(OC2CCCCCC2O)c1[N+](=O)[O-]. The number of nitrogens with zero attached hydrogens (tertiary/aromatic N) is 1. The molecule has 1 aliphatic rings. The maximum absolute atomic E-state index is 11.1. The molecule has 0 aliphatic heterocycles. The molecule has 0 bridgehead atoms. The van der Waals surface area contributed by atoms with E-state index >= 15 is 0 Å². The van der Waals surface area contributed by atoms with Gasteiger partial charge in [0.1, 0.15) is 6.10 Å². The molecule has 1 aromatic rings. The second-order valence-electron chi connectivity index (χ2n) is 5.04. The van der Waals surface area contributed by atoms with E-state index in [0.717, 1.165) is 25.7 Å². The van der Waals surface area contributed by atoms with Gasteiger partial charge in [-0.1, -0.05) is 25.0 Å². The average Bonchev–Trinajstić information content (AvgIpc) is 2.54. The van der Waals surface area contributed by atoms with Crippen LogP contribution < -0.4 is 4.74 Å². The molecular weight excluding hydrogens is 246 g/mol. The van der Waals surface area contributed by atoms with Gasteiger partial charge in [-0.3, -0.25) is 10.1 Å². The minimum atomic E-state index is -0.539. The van der Waals surface area contributed by atoms with Crippen LogP contribution in [0, 0.1) is 17.0 Å². The van der Waals surface area contributed by atoms with Crippen LogP contribution in [0.3, 0.4) is 0 Å². The zero-order valence-electron chi connectivity index (χ0n) is 11.0. The summed E-state index contributed by atoms with van der Waals surface area (Å²) in [5.74, 6) is 0.260. The maximum Gasteiger partial charge on any atom is 0.313 e. The van der Waals surface area contributed by atoms with Gasteiger partial charge in [0.15, 0.2) is 5.75 Å². The predicted octanol–water partition coefficient (Wildman–Crippen LogP) is 2.98. The molecule has 1 aromatic carbocycles. The first-order chi connectivity index (χ1) is 9.09. The molecular formula is C14H19NO4. The van der Waals surface area contributed by atoms with Crippen molar-refractivity contribution < 1.29 is 14.8 Å². The number of aliphatic hydroxyl groups is 1. The van der Waals surface area contributed by atoms with E-state index in [4.69, 9.17) is 4.74 Å². The number of nitro groups is 1. The summed E-state index contributed by atoms with van der Waals surface area (Å²) >= 11 is 0. The third-order valence-electron chi connectivity index (χ3n) is 3.58. The fourth-order valence-corrected chi connectivity index (χ4v) is 2.52. The number of hydrogen-bond acceptors (Lipinski definition) is 4. The van der Waals surface area contributed by atoms with Gasteiger partial charge >= 0.3 is 5.69 Å². The largest absolute Gasteiger partial charge is 0.481 e. The second-order valence-corrected chi connectivity index (χ2v) is 5.04. The first kappa shape index (κ1) is 13.8. The number of rotatable bonds is 3. The normalized spacial score (nSPS) is 23.7. The van der Waals surface area contributed by atoms with Crippen molar-refractivity contribution in [3.63, 3.8) is 0 Å². The summed E-state index contributed by atoms with van der Waals surface area (Å²) in [5, 5.41) is 21.1. The highest BCUT2D eigenvalue weighted by Gasteiger charge is 2.27. The van der Waals surface area contributed by atoms with Crippen LogP contribution in [0.2, 0.25) is 0 Å². The van der Waals surface area contributed by atoms with Crippen molar-refractivity contribution in [3.05, 3.63) is 33.9 Å². The average molecular weight is 265 g/mol. The summed E-state index contributed by atoms with van der Waals surface area (Å²) < 4.78 is 5.73. The second kappa shape index (κ2) is 6.02. The molecule has 104 valence electrons. The number of benzene rings is 1. The molecule has 0 saturated heterocycles. The standard InChI is InChI=1S/C14H19NO4/c1-10-6-5-9-13(14(10)15(17)18)19-12-8-4-2-3-7-11(12)16/h5-6,9,11-12,16H,2-4,7-8H2,1H3. The Labute approximate surface area is 112 Å². The lowest BCUT2D eigenvalue weighted by Gasteiger charge is -2.22. The van der Waals surface area contributed by atoms with Crippen LogP contribution in [-0.4, -0.2) is 22.2 Å². The Morgan fingerprint density at radius 2 is 2.05 bits per heavy atom. The van der Waals surface area contributed by atoms with Crippen molar-refractivity contribution in [3.8, 4) is 5.75 Å². The lowest BCUT2D eigenvalue weighted by Crippen LogP contribution is -2.30. The number of aryl methyl sites for hydroxylation is 1. The van der Waals surface area contributed by atoms with Crippen LogP contribution in [0.5, 0.6) is 5.75 Å². The minimum absolute atomic E-state index is 0.000975. The lowest BCUT2D eigenvalue weighted by molar-refractivity contribution is -0.386. The van der Waals surface area contributed by atoms with E-state index in [9.17, 15) is 15.2 Å². The lowest BCUT2D eigenvalue weighted by atomic mass is 10.1. The molecule has 0 aromatic heterocycles. The summed E-state index contributed by atoms with van der Waals surface area (Å²) in [7, 11) is 0. The maximum atomic E-state index is 11.1. The topological polar surface area (TPSA) is 72.6 Å². The third kappa shape index (κ3) is 3.23. The van der Waals surface area contributed by atoms with Gasteiger partial charge in [0, 0.05) is 5.56 Å². The molecule has 0 amide bonds. The third-order valence-corrected chi connectivity index (χ3v) is 3.58.